The second-order valence-electron chi connectivity index (χ2n) is 4.29. The summed E-state index contributed by atoms with van der Waals surface area (Å²) >= 11 is 0. The molecular weight excluding hydrogens is 254 g/mol. The van der Waals surface area contributed by atoms with Gasteiger partial charge in [0, 0.05) is 18.2 Å². The molecule has 0 heterocycles. The van der Waals surface area contributed by atoms with Gasteiger partial charge in [-0.1, -0.05) is 6.07 Å². The van der Waals surface area contributed by atoms with E-state index in [4.69, 9.17) is 19.9 Å². The largest absolute Gasteiger partial charge is 0.497 e. The van der Waals surface area contributed by atoms with Gasteiger partial charge in [0.15, 0.2) is 0 Å². The van der Waals surface area contributed by atoms with Gasteiger partial charge in [-0.3, -0.25) is 0 Å². The van der Waals surface area contributed by atoms with E-state index in [9.17, 15) is 0 Å². The van der Waals surface area contributed by atoms with Crippen LogP contribution in [-0.2, 0) is 6.54 Å². The maximum absolute atomic E-state index is 5.84. The van der Waals surface area contributed by atoms with Gasteiger partial charge in [-0.05, 0) is 35.4 Å². The Balaban J connectivity index is 2.55. The summed E-state index contributed by atoms with van der Waals surface area (Å²) in [5, 5.41) is 0. The highest BCUT2D eigenvalue weighted by Crippen LogP contribution is 2.36. The lowest BCUT2D eigenvalue weighted by molar-refractivity contribution is 0.395. The maximum Gasteiger partial charge on any atom is 0.130 e. The van der Waals surface area contributed by atoms with Crippen LogP contribution in [0.2, 0.25) is 0 Å². The average Bonchev–Trinajstić information content (AvgIpc) is 2.53. The number of hydrogen-bond donors (Lipinski definition) is 1. The molecule has 0 amide bonds. The van der Waals surface area contributed by atoms with Crippen molar-refractivity contribution in [1.82, 2.24) is 0 Å². The highest BCUT2D eigenvalue weighted by atomic mass is 16.5. The number of methoxy groups -OCH3 is 3. The molecule has 4 heteroatoms. The first-order chi connectivity index (χ1) is 9.73. The number of rotatable bonds is 5. The van der Waals surface area contributed by atoms with Crippen molar-refractivity contribution in [3.63, 3.8) is 0 Å². The first-order valence-electron chi connectivity index (χ1n) is 6.32. The molecule has 2 rings (SSSR count). The van der Waals surface area contributed by atoms with Crippen LogP contribution in [0.15, 0.2) is 36.4 Å². The normalized spacial score (nSPS) is 10.2. The lowest BCUT2D eigenvalue weighted by atomic mass is 9.98. The van der Waals surface area contributed by atoms with Gasteiger partial charge in [-0.2, -0.15) is 0 Å². The van der Waals surface area contributed by atoms with Crippen LogP contribution in [0.3, 0.4) is 0 Å². The number of ether oxygens (including phenoxy) is 3. The van der Waals surface area contributed by atoms with Crippen LogP contribution in [0.4, 0.5) is 0 Å². The summed E-state index contributed by atoms with van der Waals surface area (Å²) in [7, 11) is 4.92. The quantitative estimate of drug-likeness (QED) is 0.910. The molecule has 2 N–H and O–H groups in total. The molecule has 0 atom stereocenters. The fourth-order valence-electron chi connectivity index (χ4n) is 2.15. The van der Waals surface area contributed by atoms with E-state index in [-0.39, 0.29) is 0 Å². The van der Waals surface area contributed by atoms with Crippen LogP contribution in [-0.4, -0.2) is 21.3 Å². The number of nitrogens with two attached hydrogens (primary N) is 1. The molecule has 0 aliphatic rings. The van der Waals surface area contributed by atoms with E-state index in [2.05, 4.69) is 0 Å². The molecule has 0 fully saturated rings. The van der Waals surface area contributed by atoms with Gasteiger partial charge < -0.3 is 19.9 Å². The lowest BCUT2D eigenvalue weighted by Gasteiger charge is -2.14. The van der Waals surface area contributed by atoms with E-state index in [0.717, 1.165) is 33.9 Å². The summed E-state index contributed by atoms with van der Waals surface area (Å²) in [5.74, 6) is 2.30. The SMILES string of the molecule is COc1ccc(-c2ccc(OC)cc2OC)c(CN)c1. The predicted octanol–water partition coefficient (Wildman–Crippen LogP) is 2.84. The summed E-state index contributed by atoms with van der Waals surface area (Å²) in [5.41, 5.74) is 8.86. The topological polar surface area (TPSA) is 53.7 Å². The molecule has 0 aliphatic carbocycles. The van der Waals surface area contributed by atoms with E-state index >= 15 is 0 Å². The van der Waals surface area contributed by atoms with Crippen molar-refractivity contribution in [2.24, 2.45) is 5.73 Å². The highest BCUT2D eigenvalue weighted by molar-refractivity contribution is 5.75. The third-order valence-electron chi connectivity index (χ3n) is 3.23. The van der Waals surface area contributed by atoms with E-state index < -0.39 is 0 Å². The first-order valence-corrected chi connectivity index (χ1v) is 6.32. The molecule has 0 bridgehead atoms. The Morgan fingerprint density at radius 1 is 0.800 bits per heavy atom. The zero-order chi connectivity index (χ0) is 14.5. The molecule has 0 spiro atoms. The van der Waals surface area contributed by atoms with Crippen LogP contribution in [0.5, 0.6) is 17.2 Å². The third-order valence-corrected chi connectivity index (χ3v) is 3.23. The second kappa shape index (κ2) is 6.30. The van der Waals surface area contributed by atoms with E-state index in [1.165, 1.54) is 0 Å². The van der Waals surface area contributed by atoms with Crippen molar-refractivity contribution in [3.8, 4) is 28.4 Å². The molecular formula is C16H19NO3. The fraction of sp³-hybridized carbons (Fsp3) is 0.250. The Kier molecular flexibility index (Phi) is 4.48. The van der Waals surface area contributed by atoms with Gasteiger partial charge in [0.25, 0.3) is 0 Å². The minimum atomic E-state index is 0.432. The molecule has 4 nitrogen and oxygen atoms in total. The highest BCUT2D eigenvalue weighted by Gasteiger charge is 2.11. The van der Waals surface area contributed by atoms with Crippen LogP contribution in [0.25, 0.3) is 11.1 Å². The van der Waals surface area contributed by atoms with E-state index in [1.807, 2.05) is 36.4 Å². The Hall–Kier alpha value is -2.20. The molecule has 0 saturated heterocycles. The van der Waals surface area contributed by atoms with Crippen molar-refractivity contribution in [2.45, 2.75) is 6.54 Å². The molecule has 2 aromatic rings. The minimum absolute atomic E-state index is 0.432. The van der Waals surface area contributed by atoms with Gasteiger partial charge in [-0.25, -0.2) is 0 Å². The van der Waals surface area contributed by atoms with Gasteiger partial charge in [0.05, 0.1) is 21.3 Å². The number of benzene rings is 2. The molecule has 0 aromatic heterocycles. The Morgan fingerprint density at radius 2 is 1.40 bits per heavy atom. The van der Waals surface area contributed by atoms with Crippen molar-refractivity contribution in [1.29, 1.82) is 0 Å². The Bertz CT molecular complexity index is 543. The summed E-state index contributed by atoms with van der Waals surface area (Å²) in [6.07, 6.45) is 0. The summed E-state index contributed by atoms with van der Waals surface area (Å²) in [6.45, 7) is 0.432. The predicted molar refractivity (Wildman–Crippen MR) is 79.4 cm³/mol. The summed E-state index contributed by atoms with van der Waals surface area (Å²) in [4.78, 5) is 0. The van der Waals surface area contributed by atoms with Crippen molar-refractivity contribution in [3.05, 3.63) is 42.0 Å². The molecule has 20 heavy (non-hydrogen) atoms. The summed E-state index contributed by atoms with van der Waals surface area (Å²) in [6, 6.07) is 11.6. The van der Waals surface area contributed by atoms with Crippen LogP contribution >= 0.6 is 0 Å². The maximum atomic E-state index is 5.84. The monoisotopic (exact) mass is 273 g/mol. The van der Waals surface area contributed by atoms with Gasteiger partial charge in [0.2, 0.25) is 0 Å². The molecule has 0 saturated carbocycles. The number of hydrogen-bond acceptors (Lipinski definition) is 4. The van der Waals surface area contributed by atoms with Crippen molar-refractivity contribution < 1.29 is 14.2 Å². The van der Waals surface area contributed by atoms with Gasteiger partial charge >= 0.3 is 0 Å². The zero-order valence-electron chi connectivity index (χ0n) is 12.0. The molecule has 0 unspecified atom stereocenters. The molecule has 0 aliphatic heterocycles. The third kappa shape index (κ3) is 2.70. The van der Waals surface area contributed by atoms with Gasteiger partial charge in [-0.15, -0.1) is 0 Å². The van der Waals surface area contributed by atoms with Crippen LogP contribution in [0.1, 0.15) is 5.56 Å². The Labute approximate surface area is 119 Å². The fourth-order valence-corrected chi connectivity index (χ4v) is 2.15. The van der Waals surface area contributed by atoms with Crippen molar-refractivity contribution >= 4 is 0 Å². The van der Waals surface area contributed by atoms with Gasteiger partial charge in [0.1, 0.15) is 17.2 Å². The minimum Gasteiger partial charge on any atom is -0.497 e. The van der Waals surface area contributed by atoms with Crippen molar-refractivity contribution in [2.75, 3.05) is 21.3 Å². The first kappa shape index (κ1) is 14.2. The lowest BCUT2D eigenvalue weighted by Crippen LogP contribution is -2.01. The molecule has 0 radical (unpaired) electrons. The molecule has 2 aromatic carbocycles. The Morgan fingerprint density at radius 3 is 1.95 bits per heavy atom. The average molecular weight is 273 g/mol. The standard InChI is InChI=1S/C16H19NO3/c1-18-12-4-6-14(11(8-12)10-17)15-7-5-13(19-2)9-16(15)20-3/h4-9H,10,17H2,1-3H3. The summed E-state index contributed by atoms with van der Waals surface area (Å²) < 4.78 is 15.9. The van der Waals surface area contributed by atoms with Crippen LogP contribution < -0.4 is 19.9 Å². The van der Waals surface area contributed by atoms with E-state index in [0.29, 0.717) is 6.54 Å². The molecule has 106 valence electrons. The second-order valence-corrected chi connectivity index (χ2v) is 4.29. The van der Waals surface area contributed by atoms with Crippen LogP contribution in [0, 0.1) is 0 Å². The zero-order valence-corrected chi connectivity index (χ0v) is 12.0. The smallest absolute Gasteiger partial charge is 0.130 e. The van der Waals surface area contributed by atoms with E-state index in [1.54, 1.807) is 21.3 Å².